The van der Waals surface area contributed by atoms with E-state index in [0.717, 1.165) is 5.56 Å². The summed E-state index contributed by atoms with van der Waals surface area (Å²) in [7, 11) is 0. The van der Waals surface area contributed by atoms with E-state index in [-0.39, 0.29) is 5.41 Å². The van der Waals surface area contributed by atoms with Crippen LogP contribution in [0.15, 0.2) is 47.4 Å². The van der Waals surface area contributed by atoms with Crippen molar-refractivity contribution in [2.75, 3.05) is 12.4 Å². The van der Waals surface area contributed by atoms with E-state index in [1.807, 2.05) is 23.9 Å². The van der Waals surface area contributed by atoms with Crippen molar-refractivity contribution in [1.29, 1.82) is 0 Å². The van der Waals surface area contributed by atoms with Gasteiger partial charge in [-0.2, -0.15) is 0 Å². The summed E-state index contributed by atoms with van der Waals surface area (Å²) in [6.45, 7) is 8.84. The smallest absolute Gasteiger partial charge is 0.434 e. The first kappa shape index (κ1) is 19.6. The number of fused-ring (bicyclic) bond motifs is 1. The zero-order chi connectivity index (χ0) is 19.4. The highest BCUT2D eigenvalue weighted by Crippen LogP contribution is 2.42. The lowest BCUT2D eigenvalue weighted by Crippen LogP contribution is -2.22. The van der Waals surface area contributed by atoms with Crippen LogP contribution in [0.4, 0.5) is 4.79 Å². The first-order chi connectivity index (χ1) is 12.9. The molecule has 0 saturated heterocycles. The largest absolute Gasteiger partial charge is 0.513 e. The molecule has 0 bridgehead atoms. The summed E-state index contributed by atoms with van der Waals surface area (Å²) in [5, 5.41) is 0. The van der Waals surface area contributed by atoms with Gasteiger partial charge in [0.25, 0.3) is 0 Å². The standard InChI is InChI=1S/C23H26O3S/c1-5-25-22(24)26-19-9-6-17(7-10-19)14-16(2)18-8-11-21-20(15-18)23(3,4)12-13-27-21/h6-11,14-15H,5,12-13H2,1-4H3. The third-order valence-electron chi connectivity index (χ3n) is 4.88. The normalized spacial score (nSPS) is 15.8. The maximum Gasteiger partial charge on any atom is 0.513 e. The topological polar surface area (TPSA) is 35.5 Å². The van der Waals surface area contributed by atoms with Gasteiger partial charge in [-0.25, -0.2) is 4.79 Å². The average molecular weight is 383 g/mol. The molecule has 0 radical (unpaired) electrons. The van der Waals surface area contributed by atoms with Crippen molar-refractivity contribution in [1.82, 2.24) is 0 Å². The number of allylic oxidation sites excluding steroid dienone is 1. The summed E-state index contributed by atoms with van der Waals surface area (Å²) >= 11 is 1.95. The van der Waals surface area contributed by atoms with Crippen LogP contribution in [0.25, 0.3) is 11.6 Å². The number of ether oxygens (including phenoxy) is 2. The lowest BCUT2D eigenvalue weighted by atomic mass is 9.80. The second kappa shape index (κ2) is 8.22. The first-order valence-corrected chi connectivity index (χ1v) is 10.3. The zero-order valence-electron chi connectivity index (χ0n) is 16.4. The Bertz CT molecular complexity index is 850. The number of hydrogen-bond acceptors (Lipinski definition) is 4. The molecule has 142 valence electrons. The summed E-state index contributed by atoms with van der Waals surface area (Å²) in [5.41, 5.74) is 5.19. The van der Waals surface area contributed by atoms with Gasteiger partial charge in [0.15, 0.2) is 0 Å². The number of carbonyl (C=O) groups is 1. The summed E-state index contributed by atoms with van der Waals surface area (Å²) in [4.78, 5) is 12.8. The molecule has 0 unspecified atom stereocenters. The van der Waals surface area contributed by atoms with Crippen molar-refractivity contribution in [2.45, 2.75) is 44.4 Å². The number of hydrogen-bond donors (Lipinski definition) is 0. The summed E-state index contributed by atoms with van der Waals surface area (Å²) in [5.74, 6) is 1.67. The zero-order valence-corrected chi connectivity index (χ0v) is 17.2. The van der Waals surface area contributed by atoms with Gasteiger partial charge in [-0.3, -0.25) is 0 Å². The first-order valence-electron chi connectivity index (χ1n) is 9.30. The van der Waals surface area contributed by atoms with Crippen LogP contribution in [0.3, 0.4) is 0 Å². The van der Waals surface area contributed by atoms with Crippen LogP contribution in [0, 0.1) is 0 Å². The van der Waals surface area contributed by atoms with E-state index in [2.05, 4.69) is 45.0 Å². The molecule has 2 aromatic carbocycles. The average Bonchev–Trinajstić information content (AvgIpc) is 2.63. The quantitative estimate of drug-likeness (QED) is 0.341. The molecule has 1 aliphatic heterocycles. The third kappa shape index (κ3) is 4.75. The molecule has 0 atom stereocenters. The van der Waals surface area contributed by atoms with E-state index in [1.165, 1.54) is 33.8 Å². The van der Waals surface area contributed by atoms with Crippen molar-refractivity contribution in [3.63, 3.8) is 0 Å². The Kier molecular flexibility index (Phi) is 5.95. The minimum atomic E-state index is -0.675. The molecule has 0 aliphatic carbocycles. The summed E-state index contributed by atoms with van der Waals surface area (Å²) in [6, 6.07) is 14.2. The molecule has 0 spiro atoms. The maximum atomic E-state index is 11.4. The molecule has 0 aromatic heterocycles. The van der Waals surface area contributed by atoms with Crippen molar-refractivity contribution < 1.29 is 14.3 Å². The van der Waals surface area contributed by atoms with Crippen LogP contribution in [-0.2, 0) is 10.2 Å². The number of thioether (sulfide) groups is 1. The molecule has 1 aliphatic rings. The Morgan fingerprint density at radius 3 is 2.63 bits per heavy atom. The van der Waals surface area contributed by atoms with Gasteiger partial charge in [0.1, 0.15) is 5.75 Å². The van der Waals surface area contributed by atoms with Crippen molar-refractivity contribution in [3.05, 3.63) is 59.2 Å². The molecule has 27 heavy (non-hydrogen) atoms. The second-order valence-electron chi connectivity index (χ2n) is 7.37. The number of rotatable bonds is 4. The van der Waals surface area contributed by atoms with Gasteiger partial charge in [0, 0.05) is 4.90 Å². The molecule has 3 rings (SSSR count). The van der Waals surface area contributed by atoms with Gasteiger partial charge in [-0.1, -0.05) is 38.1 Å². The maximum absolute atomic E-state index is 11.4. The van der Waals surface area contributed by atoms with Gasteiger partial charge in [0.2, 0.25) is 0 Å². The van der Waals surface area contributed by atoms with Crippen LogP contribution in [-0.4, -0.2) is 18.5 Å². The number of benzene rings is 2. The molecular weight excluding hydrogens is 356 g/mol. The molecule has 0 saturated carbocycles. The van der Waals surface area contributed by atoms with E-state index in [1.54, 1.807) is 19.1 Å². The van der Waals surface area contributed by atoms with Crippen molar-refractivity contribution in [2.24, 2.45) is 0 Å². The van der Waals surface area contributed by atoms with Gasteiger partial charge < -0.3 is 9.47 Å². The van der Waals surface area contributed by atoms with Gasteiger partial charge >= 0.3 is 6.16 Å². The molecule has 0 fully saturated rings. The Morgan fingerprint density at radius 1 is 1.19 bits per heavy atom. The van der Waals surface area contributed by atoms with E-state index in [4.69, 9.17) is 9.47 Å². The fourth-order valence-electron chi connectivity index (χ4n) is 3.19. The summed E-state index contributed by atoms with van der Waals surface area (Å²) in [6.07, 6.45) is 2.68. The number of carbonyl (C=O) groups excluding carboxylic acids is 1. The van der Waals surface area contributed by atoms with Gasteiger partial charge in [-0.15, -0.1) is 11.8 Å². The highest BCUT2D eigenvalue weighted by molar-refractivity contribution is 7.99. The molecule has 0 amide bonds. The van der Waals surface area contributed by atoms with Crippen LogP contribution in [0.1, 0.15) is 50.8 Å². The SMILES string of the molecule is CCOC(=O)Oc1ccc(C=C(C)c2ccc3c(c2)C(C)(C)CCS3)cc1. The third-order valence-corrected chi connectivity index (χ3v) is 5.95. The molecule has 0 N–H and O–H groups in total. The van der Waals surface area contributed by atoms with Crippen LogP contribution < -0.4 is 4.74 Å². The van der Waals surface area contributed by atoms with E-state index >= 15 is 0 Å². The van der Waals surface area contributed by atoms with E-state index in [9.17, 15) is 4.79 Å². The minimum absolute atomic E-state index is 0.225. The predicted molar refractivity (Wildman–Crippen MR) is 112 cm³/mol. The van der Waals surface area contributed by atoms with Crippen LogP contribution in [0.5, 0.6) is 5.75 Å². The Labute approximate surface area is 165 Å². The fraction of sp³-hybridized carbons (Fsp3) is 0.348. The Balaban J connectivity index is 1.79. The van der Waals surface area contributed by atoms with Crippen LogP contribution >= 0.6 is 11.8 Å². The van der Waals surface area contributed by atoms with E-state index in [0.29, 0.717) is 12.4 Å². The minimum Gasteiger partial charge on any atom is -0.434 e. The fourth-order valence-corrected chi connectivity index (χ4v) is 4.68. The Hall–Kier alpha value is -2.20. The highest BCUT2D eigenvalue weighted by atomic mass is 32.2. The molecule has 2 aromatic rings. The Morgan fingerprint density at radius 2 is 1.93 bits per heavy atom. The monoisotopic (exact) mass is 382 g/mol. The second-order valence-corrected chi connectivity index (χ2v) is 8.51. The van der Waals surface area contributed by atoms with Crippen molar-refractivity contribution in [3.8, 4) is 5.75 Å². The predicted octanol–water partition coefficient (Wildman–Crippen LogP) is 6.56. The van der Waals surface area contributed by atoms with Gasteiger partial charge in [0.05, 0.1) is 6.61 Å². The molecule has 1 heterocycles. The van der Waals surface area contributed by atoms with Gasteiger partial charge in [-0.05, 0) is 78.0 Å². The van der Waals surface area contributed by atoms with Crippen molar-refractivity contribution >= 4 is 29.6 Å². The lowest BCUT2D eigenvalue weighted by Gasteiger charge is -2.32. The van der Waals surface area contributed by atoms with Crippen LogP contribution in [0.2, 0.25) is 0 Å². The summed E-state index contributed by atoms with van der Waals surface area (Å²) < 4.78 is 9.89. The molecule has 4 heteroatoms. The van der Waals surface area contributed by atoms with E-state index < -0.39 is 6.16 Å². The highest BCUT2D eigenvalue weighted by Gasteiger charge is 2.27. The molecular formula is C23H26O3S. The molecule has 3 nitrogen and oxygen atoms in total. The lowest BCUT2D eigenvalue weighted by molar-refractivity contribution is 0.104.